The van der Waals surface area contributed by atoms with Crippen LogP contribution in [0.3, 0.4) is 0 Å². The molecule has 34 heavy (non-hydrogen) atoms. The molecule has 3 heterocycles. The van der Waals surface area contributed by atoms with E-state index in [2.05, 4.69) is 22.3 Å². The van der Waals surface area contributed by atoms with E-state index in [1.54, 1.807) is 12.3 Å². The zero-order valence-corrected chi connectivity index (χ0v) is 18.9. The van der Waals surface area contributed by atoms with E-state index in [9.17, 15) is 4.79 Å². The van der Waals surface area contributed by atoms with Crippen molar-refractivity contribution in [1.29, 1.82) is 0 Å². The molecule has 0 amide bonds. The molecule has 3 aromatic carbocycles. The lowest BCUT2D eigenvalue weighted by Crippen LogP contribution is -2.04. The Kier molecular flexibility index (Phi) is 5.24. The average Bonchev–Trinajstić information content (AvgIpc) is 3.53. The quantitative estimate of drug-likeness (QED) is 0.167. The van der Waals surface area contributed by atoms with Gasteiger partial charge in [-0.3, -0.25) is 4.57 Å². The third-order valence-electron chi connectivity index (χ3n) is 5.71. The van der Waals surface area contributed by atoms with Crippen LogP contribution in [-0.2, 0) is 12.3 Å². The van der Waals surface area contributed by atoms with Crippen molar-refractivity contribution in [2.45, 2.75) is 17.5 Å². The Balaban J connectivity index is 1.42. The first-order chi connectivity index (χ1) is 16.8. The van der Waals surface area contributed by atoms with E-state index in [0.717, 1.165) is 44.0 Å². The van der Waals surface area contributed by atoms with E-state index in [-0.39, 0.29) is 5.63 Å². The van der Waals surface area contributed by atoms with Gasteiger partial charge in [0.1, 0.15) is 11.3 Å². The minimum absolute atomic E-state index is 0.361. The highest BCUT2D eigenvalue weighted by Crippen LogP contribution is 2.32. The SMILES string of the molecule is O=c1cc(CSc2nnc(-c3ccccc3)n2Cc2ccco2)c2c(ccc3ccccc32)o1. The molecule has 7 heteroatoms. The zero-order chi connectivity index (χ0) is 22.9. The Morgan fingerprint density at radius 2 is 1.74 bits per heavy atom. The molecule has 0 aliphatic heterocycles. The van der Waals surface area contributed by atoms with Gasteiger partial charge in [-0.1, -0.05) is 72.4 Å². The van der Waals surface area contributed by atoms with Crippen LogP contribution in [0.2, 0.25) is 0 Å². The number of aromatic nitrogens is 3. The summed E-state index contributed by atoms with van der Waals surface area (Å²) in [6.45, 7) is 0.507. The number of hydrogen-bond acceptors (Lipinski definition) is 6. The molecule has 0 saturated heterocycles. The summed E-state index contributed by atoms with van der Waals surface area (Å²) in [5, 5.41) is 12.8. The minimum Gasteiger partial charge on any atom is -0.467 e. The normalized spacial score (nSPS) is 11.4. The number of nitrogens with zero attached hydrogens (tertiary/aromatic N) is 3. The van der Waals surface area contributed by atoms with Crippen molar-refractivity contribution in [1.82, 2.24) is 14.8 Å². The molecule has 6 aromatic rings. The van der Waals surface area contributed by atoms with Gasteiger partial charge in [-0.05, 0) is 34.5 Å². The molecule has 0 spiro atoms. The molecule has 0 unspecified atom stereocenters. The van der Waals surface area contributed by atoms with Gasteiger partial charge in [0.15, 0.2) is 11.0 Å². The summed E-state index contributed by atoms with van der Waals surface area (Å²) in [6.07, 6.45) is 1.66. The predicted octanol–water partition coefficient (Wildman–Crippen LogP) is 6.14. The molecule has 0 saturated carbocycles. The van der Waals surface area contributed by atoms with Gasteiger partial charge in [-0.2, -0.15) is 0 Å². The summed E-state index contributed by atoms with van der Waals surface area (Å²) in [5.74, 6) is 2.12. The summed E-state index contributed by atoms with van der Waals surface area (Å²) in [7, 11) is 0. The highest BCUT2D eigenvalue weighted by atomic mass is 32.2. The standard InChI is InChI=1S/C27H19N3O3S/c31-24-15-20(25-22-11-5-4-7-18(22)12-13-23(25)33-24)17-34-27-29-28-26(19-8-2-1-3-9-19)30(27)16-21-10-6-14-32-21/h1-15H,16-17H2. The monoisotopic (exact) mass is 465 g/mol. The Hall–Kier alpha value is -4.10. The van der Waals surface area contributed by atoms with Gasteiger partial charge in [0.2, 0.25) is 0 Å². The molecular weight excluding hydrogens is 446 g/mol. The molecule has 3 aromatic heterocycles. The smallest absolute Gasteiger partial charge is 0.336 e. The van der Waals surface area contributed by atoms with Crippen LogP contribution in [0, 0.1) is 0 Å². The van der Waals surface area contributed by atoms with Crippen LogP contribution in [-0.4, -0.2) is 14.8 Å². The maximum Gasteiger partial charge on any atom is 0.336 e. The second kappa shape index (κ2) is 8.68. The number of furan rings is 1. The zero-order valence-electron chi connectivity index (χ0n) is 18.0. The summed E-state index contributed by atoms with van der Waals surface area (Å²) in [6, 6.07) is 27.3. The number of hydrogen-bond donors (Lipinski definition) is 0. The topological polar surface area (TPSA) is 74.1 Å². The highest BCUT2D eigenvalue weighted by Gasteiger charge is 2.17. The Labute approximate surface area is 198 Å². The van der Waals surface area contributed by atoms with E-state index in [0.29, 0.717) is 17.9 Å². The van der Waals surface area contributed by atoms with Crippen molar-refractivity contribution in [2.75, 3.05) is 0 Å². The molecular formula is C27H19N3O3S. The van der Waals surface area contributed by atoms with Gasteiger partial charge in [0.25, 0.3) is 0 Å². The summed E-state index contributed by atoms with van der Waals surface area (Å²) < 4.78 is 13.2. The molecule has 0 N–H and O–H groups in total. The van der Waals surface area contributed by atoms with E-state index in [1.807, 2.05) is 71.3 Å². The van der Waals surface area contributed by atoms with Gasteiger partial charge >= 0.3 is 5.63 Å². The predicted molar refractivity (Wildman–Crippen MR) is 133 cm³/mol. The van der Waals surface area contributed by atoms with Crippen LogP contribution in [0.5, 0.6) is 0 Å². The molecule has 0 aliphatic carbocycles. The second-order valence-corrected chi connectivity index (χ2v) is 8.82. The molecule has 0 atom stereocenters. The van der Waals surface area contributed by atoms with Crippen LogP contribution in [0.25, 0.3) is 33.1 Å². The highest BCUT2D eigenvalue weighted by molar-refractivity contribution is 7.98. The number of thioether (sulfide) groups is 1. The fourth-order valence-electron chi connectivity index (χ4n) is 4.17. The average molecular weight is 466 g/mol. The number of fused-ring (bicyclic) bond motifs is 3. The van der Waals surface area contributed by atoms with Crippen LogP contribution in [0.4, 0.5) is 0 Å². The lowest BCUT2D eigenvalue weighted by molar-refractivity contribution is 0.485. The van der Waals surface area contributed by atoms with Gasteiger partial charge in [0, 0.05) is 22.8 Å². The number of rotatable bonds is 6. The van der Waals surface area contributed by atoms with Crippen LogP contribution < -0.4 is 5.63 Å². The second-order valence-electron chi connectivity index (χ2n) is 7.88. The lowest BCUT2D eigenvalue weighted by Gasteiger charge is -2.10. The summed E-state index contributed by atoms with van der Waals surface area (Å²) in [4.78, 5) is 12.3. The fraction of sp³-hybridized carbons (Fsp3) is 0.0741. The molecule has 6 nitrogen and oxygen atoms in total. The summed E-state index contributed by atoms with van der Waals surface area (Å²) >= 11 is 1.54. The first kappa shape index (κ1) is 20.5. The van der Waals surface area contributed by atoms with Gasteiger partial charge in [0.05, 0.1) is 12.8 Å². The molecule has 166 valence electrons. The van der Waals surface area contributed by atoms with Crippen molar-refractivity contribution < 1.29 is 8.83 Å². The van der Waals surface area contributed by atoms with Gasteiger partial charge in [-0.25, -0.2) is 4.79 Å². The van der Waals surface area contributed by atoms with Crippen LogP contribution in [0.1, 0.15) is 11.3 Å². The summed E-state index contributed by atoms with van der Waals surface area (Å²) in [5.41, 5.74) is 2.11. The van der Waals surface area contributed by atoms with Crippen molar-refractivity contribution >= 4 is 33.5 Å². The number of benzene rings is 3. The Bertz CT molecular complexity index is 1650. The van der Waals surface area contributed by atoms with E-state index in [4.69, 9.17) is 8.83 Å². The first-order valence-corrected chi connectivity index (χ1v) is 11.8. The first-order valence-electron chi connectivity index (χ1n) is 10.8. The fourth-order valence-corrected chi connectivity index (χ4v) is 5.09. The minimum atomic E-state index is -0.361. The van der Waals surface area contributed by atoms with Crippen molar-refractivity contribution in [3.8, 4) is 11.4 Å². The van der Waals surface area contributed by atoms with Crippen molar-refractivity contribution in [3.63, 3.8) is 0 Å². The van der Waals surface area contributed by atoms with Crippen molar-refractivity contribution in [2.24, 2.45) is 0 Å². The largest absolute Gasteiger partial charge is 0.467 e. The van der Waals surface area contributed by atoms with Crippen LogP contribution >= 0.6 is 11.8 Å². The lowest BCUT2D eigenvalue weighted by atomic mass is 10.0. The molecule has 0 radical (unpaired) electrons. The van der Waals surface area contributed by atoms with Crippen molar-refractivity contribution in [3.05, 3.63) is 113 Å². The van der Waals surface area contributed by atoms with E-state index in [1.165, 1.54) is 11.8 Å². The van der Waals surface area contributed by atoms with E-state index >= 15 is 0 Å². The van der Waals surface area contributed by atoms with Gasteiger partial charge < -0.3 is 8.83 Å². The molecule has 6 rings (SSSR count). The Morgan fingerprint density at radius 1 is 0.882 bits per heavy atom. The molecule has 0 bridgehead atoms. The van der Waals surface area contributed by atoms with Crippen LogP contribution in [0.15, 0.2) is 110 Å². The third-order valence-corrected chi connectivity index (χ3v) is 6.73. The Morgan fingerprint density at radius 3 is 2.59 bits per heavy atom. The van der Waals surface area contributed by atoms with E-state index < -0.39 is 0 Å². The maximum atomic E-state index is 12.3. The van der Waals surface area contributed by atoms with Gasteiger partial charge in [-0.15, -0.1) is 10.2 Å². The third kappa shape index (κ3) is 3.80. The molecule has 0 fully saturated rings. The maximum absolute atomic E-state index is 12.3. The molecule has 0 aliphatic rings.